The fraction of sp³-hybridized carbons (Fsp3) is 0.733. The summed E-state index contributed by atoms with van der Waals surface area (Å²) in [6.45, 7) is 14.1. The first-order valence-electron chi connectivity index (χ1n) is 6.94. The molecule has 0 aromatic carbocycles. The summed E-state index contributed by atoms with van der Waals surface area (Å²) in [5.74, 6) is 1.05. The molecule has 0 spiro atoms. The second-order valence-electron chi connectivity index (χ2n) is 5.96. The van der Waals surface area contributed by atoms with E-state index in [1.807, 2.05) is 12.1 Å². The Kier molecular flexibility index (Phi) is 5.89. The summed E-state index contributed by atoms with van der Waals surface area (Å²) in [7, 11) is 0. The van der Waals surface area contributed by atoms with Crippen molar-refractivity contribution in [2.45, 2.75) is 59.2 Å². The SMILES string of the molecule is CCN(Cc1ccco1)C(C)CCNC(C)(C)C. The maximum absolute atomic E-state index is 5.42. The van der Waals surface area contributed by atoms with Gasteiger partial charge in [-0.15, -0.1) is 0 Å². The summed E-state index contributed by atoms with van der Waals surface area (Å²) in [5.41, 5.74) is 0.206. The zero-order chi connectivity index (χ0) is 13.6. The highest BCUT2D eigenvalue weighted by Gasteiger charge is 2.15. The molecule has 1 atom stereocenters. The third kappa shape index (κ3) is 5.69. The molecule has 0 saturated carbocycles. The Morgan fingerprint density at radius 1 is 1.39 bits per heavy atom. The van der Waals surface area contributed by atoms with Crippen LogP contribution in [0.4, 0.5) is 0 Å². The van der Waals surface area contributed by atoms with Crippen molar-refractivity contribution in [1.82, 2.24) is 10.2 Å². The molecule has 0 aliphatic carbocycles. The molecule has 1 N–H and O–H groups in total. The van der Waals surface area contributed by atoms with E-state index in [2.05, 4.69) is 44.8 Å². The van der Waals surface area contributed by atoms with Crippen LogP contribution in [0.1, 0.15) is 46.8 Å². The molecular formula is C15H28N2O. The number of hydrogen-bond acceptors (Lipinski definition) is 3. The Labute approximate surface area is 112 Å². The van der Waals surface area contributed by atoms with Crippen molar-refractivity contribution in [2.24, 2.45) is 0 Å². The van der Waals surface area contributed by atoms with Crippen molar-refractivity contribution in [2.75, 3.05) is 13.1 Å². The van der Waals surface area contributed by atoms with Gasteiger partial charge in [0.1, 0.15) is 5.76 Å². The molecule has 3 heteroatoms. The molecule has 0 bridgehead atoms. The van der Waals surface area contributed by atoms with Crippen molar-refractivity contribution < 1.29 is 4.42 Å². The Balaban J connectivity index is 2.35. The van der Waals surface area contributed by atoms with Gasteiger partial charge < -0.3 is 9.73 Å². The topological polar surface area (TPSA) is 28.4 Å². The Bertz CT molecular complexity index is 314. The monoisotopic (exact) mass is 252 g/mol. The molecule has 1 aromatic heterocycles. The van der Waals surface area contributed by atoms with Crippen LogP contribution in [0.15, 0.2) is 22.8 Å². The number of nitrogens with one attached hydrogen (secondary N) is 1. The van der Waals surface area contributed by atoms with Crippen molar-refractivity contribution in [1.29, 1.82) is 0 Å². The molecule has 1 unspecified atom stereocenters. The Hall–Kier alpha value is -0.800. The molecule has 0 radical (unpaired) electrons. The van der Waals surface area contributed by atoms with Gasteiger partial charge in [-0.1, -0.05) is 6.92 Å². The first-order valence-corrected chi connectivity index (χ1v) is 6.94. The highest BCUT2D eigenvalue weighted by molar-refractivity contribution is 4.98. The average molecular weight is 252 g/mol. The molecule has 18 heavy (non-hydrogen) atoms. The van der Waals surface area contributed by atoms with Gasteiger partial charge in [0.05, 0.1) is 12.8 Å². The molecular weight excluding hydrogens is 224 g/mol. The summed E-state index contributed by atoms with van der Waals surface area (Å²) in [6, 6.07) is 4.56. The molecule has 0 aliphatic rings. The van der Waals surface area contributed by atoms with Crippen LogP contribution in [0.2, 0.25) is 0 Å². The number of furan rings is 1. The van der Waals surface area contributed by atoms with Crippen molar-refractivity contribution in [3.63, 3.8) is 0 Å². The van der Waals surface area contributed by atoms with Gasteiger partial charge in [0.2, 0.25) is 0 Å². The largest absolute Gasteiger partial charge is 0.468 e. The fourth-order valence-electron chi connectivity index (χ4n) is 2.02. The second kappa shape index (κ2) is 6.95. The summed E-state index contributed by atoms with van der Waals surface area (Å²) in [6.07, 6.45) is 2.90. The lowest BCUT2D eigenvalue weighted by atomic mass is 10.1. The van der Waals surface area contributed by atoms with Crippen molar-refractivity contribution in [3.05, 3.63) is 24.2 Å². The molecule has 3 nitrogen and oxygen atoms in total. The molecule has 0 saturated heterocycles. The lowest BCUT2D eigenvalue weighted by Gasteiger charge is -2.28. The van der Waals surface area contributed by atoms with Crippen LogP contribution in [-0.4, -0.2) is 29.6 Å². The van der Waals surface area contributed by atoms with Gasteiger partial charge in [-0.2, -0.15) is 0 Å². The maximum atomic E-state index is 5.42. The lowest BCUT2D eigenvalue weighted by molar-refractivity contribution is 0.183. The zero-order valence-electron chi connectivity index (χ0n) is 12.5. The minimum Gasteiger partial charge on any atom is -0.468 e. The maximum Gasteiger partial charge on any atom is 0.117 e. The first-order chi connectivity index (χ1) is 8.42. The van der Waals surface area contributed by atoms with Gasteiger partial charge in [0, 0.05) is 11.6 Å². The summed E-state index contributed by atoms with van der Waals surface area (Å²) in [5, 5.41) is 3.54. The van der Waals surface area contributed by atoms with Gasteiger partial charge in [-0.25, -0.2) is 0 Å². The van der Waals surface area contributed by atoms with Gasteiger partial charge >= 0.3 is 0 Å². The molecule has 0 fully saturated rings. The van der Waals surface area contributed by atoms with E-state index in [1.54, 1.807) is 6.26 Å². The minimum absolute atomic E-state index is 0.206. The highest BCUT2D eigenvalue weighted by Crippen LogP contribution is 2.11. The zero-order valence-corrected chi connectivity index (χ0v) is 12.5. The van der Waals surface area contributed by atoms with Crippen LogP contribution in [0.3, 0.4) is 0 Å². The van der Waals surface area contributed by atoms with E-state index in [9.17, 15) is 0 Å². The van der Waals surface area contributed by atoms with Crippen LogP contribution in [0, 0.1) is 0 Å². The van der Waals surface area contributed by atoms with E-state index in [0.29, 0.717) is 6.04 Å². The minimum atomic E-state index is 0.206. The molecule has 1 heterocycles. The van der Waals surface area contributed by atoms with Gasteiger partial charge in [0.25, 0.3) is 0 Å². The quantitative estimate of drug-likeness (QED) is 0.807. The van der Waals surface area contributed by atoms with Gasteiger partial charge in [-0.05, 0) is 59.3 Å². The summed E-state index contributed by atoms with van der Waals surface area (Å²) >= 11 is 0. The van der Waals surface area contributed by atoms with E-state index in [1.165, 1.54) is 0 Å². The molecule has 1 aromatic rings. The van der Waals surface area contributed by atoms with Crippen LogP contribution >= 0.6 is 0 Å². The Morgan fingerprint density at radius 2 is 2.11 bits per heavy atom. The van der Waals surface area contributed by atoms with Crippen LogP contribution < -0.4 is 5.32 Å². The van der Waals surface area contributed by atoms with E-state index >= 15 is 0 Å². The number of rotatable bonds is 7. The summed E-state index contributed by atoms with van der Waals surface area (Å²) < 4.78 is 5.42. The fourth-order valence-corrected chi connectivity index (χ4v) is 2.02. The third-order valence-electron chi connectivity index (χ3n) is 3.19. The average Bonchev–Trinajstić information content (AvgIpc) is 2.76. The van der Waals surface area contributed by atoms with E-state index in [4.69, 9.17) is 4.42 Å². The van der Waals surface area contributed by atoms with E-state index in [0.717, 1.165) is 31.8 Å². The van der Waals surface area contributed by atoms with Crippen LogP contribution in [-0.2, 0) is 6.54 Å². The van der Waals surface area contributed by atoms with Crippen molar-refractivity contribution >= 4 is 0 Å². The van der Waals surface area contributed by atoms with Crippen LogP contribution in [0.5, 0.6) is 0 Å². The predicted molar refractivity (Wildman–Crippen MR) is 76.6 cm³/mol. The molecule has 104 valence electrons. The number of nitrogens with zero attached hydrogens (tertiary/aromatic N) is 1. The predicted octanol–water partition coefficient (Wildman–Crippen LogP) is 3.27. The normalized spacial score (nSPS) is 14.1. The van der Waals surface area contributed by atoms with Crippen molar-refractivity contribution in [3.8, 4) is 0 Å². The standard InChI is InChI=1S/C15H28N2O/c1-6-17(12-14-8-7-11-18-14)13(2)9-10-16-15(3,4)5/h7-8,11,13,16H,6,9-10,12H2,1-5H3. The molecule has 0 aliphatic heterocycles. The van der Waals surface area contributed by atoms with Gasteiger partial charge in [0.15, 0.2) is 0 Å². The highest BCUT2D eigenvalue weighted by atomic mass is 16.3. The smallest absolute Gasteiger partial charge is 0.117 e. The van der Waals surface area contributed by atoms with Gasteiger partial charge in [-0.3, -0.25) is 4.90 Å². The lowest BCUT2D eigenvalue weighted by Crippen LogP contribution is -2.40. The molecule has 1 rings (SSSR count). The Morgan fingerprint density at radius 3 is 2.61 bits per heavy atom. The number of hydrogen-bond donors (Lipinski definition) is 1. The molecule has 0 amide bonds. The second-order valence-corrected chi connectivity index (χ2v) is 5.96. The van der Waals surface area contributed by atoms with E-state index < -0.39 is 0 Å². The summed E-state index contributed by atoms with van der Waals surface area (Å²) in [4.78, 5) is 2.45. The van der Waals surface area contributed by atoms with E-state index in [-0.39, 0.29) is 5.54 Å². The van der Waals surface area contributed by atoms with Crippen LogP contribution in [0.25, 0.3) is 0 Å². The first kappa shape index (κ1) is 15.3. The third-order valence-corrected chi connectivity index (χ3v) is 3.19.